The summed E-state index contributed by atoms with van der Waals surface area (Å²) < 4.78 is 16.4. The van der Waals surface area contributed by atoms with Gasteiger partial charge in [0.1, 0.15) is 36.8 Å². The summed E-state index contributed by atoms with van der Waals surface area (Å²) in [7, 11) is 0. The molecular weight excluding hydrogens is 460 g/mol. The first-order valence-corrected chi connectivity index (χ1v) is 11.7. The van der Waals surface area contributed by atoms with Crippen LogP contribution in [0.5, 0.6) is 5.75 Å². The maximum Gasteiger partial charge on any atom is 0.293 e. The zero-order chi connectivity index (χ0) is 24.8. The van der Waals surface area contributed by atoms with Crippen molar-refractivity contribution in [3.8, 4) is 5.75 Å². The van der Waals surface area contributed by atoms with Crippen molar-refractivity contribution < 1.29 is 34.3 Å². The van der Waals surface area contributed by atoms with Crippen molar-refractivity contribution >= 4 is 49.6 Å². The predicted molar refractivity (Wildman–Crippen MR) is 136 cm³/mol. The molecule has 0 spiro atoms. The summed E-state index contributed by atoms with van der Waals surface area (Å²) in [5.41, 5.74) is 0. The third-order valence-electron chi connectivity index (χ3n) is 6.90. The van der Waals surface area contributed by atoms with E-state index < -0.39 is 30.7 Å². The minimum absolute atomic E-state index is 0.229. The van der Waals surface area contributed by atoms with Gasteiger partial charge in [-0.3, -0.25) is 4.79 Å². The third-order valence-corrected chi connectivity index (χ3v) is 6.90. The number of ether oxygens (including phenoxy) is 3. The van der Waals surface area contributed by atoms with Gasteiger partial charge in [-0.1, -0.05) is 48.5 Å². The highest BCUT2D eigenvalue weighted by molar-refractivity contribution is 6.15. The normalized spacial score (nSPS) is 24.4. The van der Waals surface area contributed by atoms with E-state index in [9.17, 15) is 20.1 Å². The molecule has 1 fully saturated rings. The van der Waals surface area contributed by atoms with E-state index in [1.165, 1.54) is 5.39 Å². The van der Waals surface area contributed by atoms with E-state index in [0.717, 1.165) is 37.7 Å². The van der Waals surface area contributed by atoms with E-state index in [1.54, 1.807) is 6.07 Å². The Labute approximate surface area is 206 Å². The van der Waals surface area contributed by atoms with Crippen molar-refractivity contribution in [2.75, 3.05) is 6.61 Å². The maximum absolute atomic E-state index is 10.6. The fourth-order valence-corrected chi connectivity index (χ4v) is 5.01. The topological polar surface area (TPSA) is 105 Å². The lowest BCUT2D eigenvalue weighted by molar-refractivity contribution is -0.277. The van der Waals surface area contributed by atoms with Crippen molar-refractivity contribution in [1.29, 1.82) is 0 Å². The molecule has 1 saturated heterocycles. The van der Waals surface area contributed by atoms with Gasteiger partial charge in [0.15, 0.2) is 0 Å². The summed E-state index contributed by atoms with van der Waals surface area (Å²) in [4.78, 5) is 10.6. The van der Waals surface area contributed by atoms with Crippen LogP contribution in [0.25, 0.3) is 43.1 Å². The van der Waals surface area contributed by atoms with Gasteiger partial charge in [-0.2, -0.15) is 0 Å². The Morgan fingerprint density at radius 1 is 0.694 bits per heavy atom. The molecule has 0 bridgehead atoms. The molecule has 7 heteroatoms. The van der Waals surface area contributed by atoms with Crippen molar-refractivity contribution in [2.24, 2.45) is 0 Å². The molecule has 0 aliphatic carbocycles. The van der Waals surface area contributed by atoms with Crippen molar-refractivity contribution in [1.82, 2.24) is 0 Å². The smallest absolute Gasteiger partial charge is 0.293 e. The number of carbonyl (C=O) groups excluding carboxylic acids is 1. The monoisotopic (exact) mass is 484 g/mol. The Morgan fingerprint density at radius 3 is 2.08 bits per heavy atom. The summed E-state index contributed by atoms with van der Waals surface area (Å²) >= 11 is 0. The molecular formula is C29H24O7. The molecule has 1 heterocycles. The van der Waals surface area contributed by atoms with Crippen LogP contribution in [-0.4, -0.2) is 59.1 Å². The fourth-order valence-electron chi connectivity index (χ4n) is 5.01. The van der Waals surface area contributed by atoms with Crippen LogP contribution < -0.4 is 4.74 Å². The molecule has 1 aliphatic rings. The number of hydrogen-bond acceptors (Lipinski definition) is 7. The second-order valence-electron chi connectivity index (χ2n) is 9.10. The Morgan fingerprint density at radius 2 is 1.33 bits per heavy atom. The van der Waals surface area contributed by atoms with Crippen LogP contribution >= 0.6 is 0 Å². The number of carbonyl (C=O) groups is 1. The minimum atomic E-state index is -1.53. The molecule has 1 aliphatic heterocycles. The van der Waals surface area contributed by atoms with Gasteiger partial charge < -0.3 is 29.5 Å². The largest absolute Gasteiger partial charge is 0.465 e. The SMILES string of the molecule is O=COC[C@@H]1OC(Oc2cccc3cc4ccc5cc6ccccc6cc5c4cc23)[C@@H](O)[C@H](O)[C@H]1O. The third kappa shape index (κ3) is 3.83. The van der Waals surface area contributed by atoms with Gasteiger partial charge in [0, 0.05) is 5.39 Å². The second-order valence-corrected chi connectivity index (χ2v) is 9.10. The zero-order valence-electron chi connectivity index (χ0n) is 19.2. The van der Waals surface area contributed by atoms with Crippen LogP contribution in [0, 0.1) is 0 Å². The Balaban J connectivity index is 1.44. The van der Waals surface area contributed by atoms with E-state index in [-0.39, 0.29) is 13.1 Å². The fraction of sp³-hybridized carbons (Fsp3) is 0.207. The molecule has 7 nitrogen and oxygen atoms in total. The maximum atomic E-state index is 10.6. The van der Waals surface area contributed by atoms with Gasteiger partial charge in [0.25, 0.3) is 6.47 Å². The Hall–Kier alpha value is -3.75. The quantitative estimate of drug-likeness (QED) is 0.199. The minimum Gasteiger partial charge on any atom is -0.465 e. The molecule has 3 N–H and O–H groups in total. The molecule has 5 aromatic carbocycles. The number of aliphatic hydroxyl groups excluding tert-OH is 3. The Kier molecular flexibility index (Phi) is 5.70. The van der Waals surface area contributed by atoms with Crippen LogP contribution in [0.2, 0.25) is 0 Å². The highest BCUT2D eigenvalue weighted by Gasteiger charge is 2.45. The molecule has 0 aromatic heterocycles. The molecule has 6 rings (SSSR count). The average Bonchev–Trinajstić information content (AvgIpc) is 2.90. The molecule has 0 saturated carbocycles. The molecule has 0 amide bonds. The van der Waals surface area contributed by atoms with E-state index in [4.69, 9.17) is 14.2 Å². The number of benzene rings is 5. The van der Waals surface area contributed by atoms with E-state index >= 15 is 0 Å². The van der Waals surface area contributed by atoms with Gasteiger partial charge in [-0.25, -0.2) is 0 Å². The first kappa shape index (κ1) is 22.7. The first-order chi connectivity index (χ1) is 17.5. The number of aliphatic hydroxyl groups is 3. The van der Waals surface area contributed by atoms with Crippen LogP contribution in [-0.2, 0) is 14.3 Å². The summed E-state index contributed by atoms with van der Waals surface area (Å²) in [6, 6.07) is 26.6. The lowest BCUT2D eigenvalue weighted by Gasteiger charge is -2.39. The van der Waals surface area contributed by atoms with Gasteiger partial charge in [-0.05, 0) is 68.0 Å². The standard InChI is InChI=1S/C29H24O7/c30-15-34-14-25-26(31)27(32)28(33)29(36-25)35-24-7-3-6-18-11-20-9-8-19-10-16-4-1-2-5-17(16)12-21(19)22(20)13-23(18)24/h1-13,15,25-29,31-33H,14H2/t25-,26-,27+,28-,29?/m0/s1. The summed E-state index contributed by atoms with van der Waals surface area (Å²) in [5, 5.41) is 39.5. The van der Waals surface area contributed by atoms with Crippen LogP contribution in [0.15, 0.2) is 78.9 Å². The highest BCUT2D eigenvalue weighted by Crippen LogP contribution is 2.36. The van der Waals surface area contributed by atoms with Crippen LogP contribution in [0.3, 0.4) is 0 Å². The molecule has 36 heavy (non-hydrogen) atoms. The van der Waals surface area contributed by atoms with E-state index in [1.807, 2.05) is 24.3 Å². The van der Waals surface area contributed by atoms with Gasteiger partial charge in [-0.15, -0.1) is 0 Å². The average molecular weight is 485 g/mol. The van der Waals surface area contributed by atoms with Gasteiger partial charge >= 0.3 is 0 Å². The highest BCUT2D eigenvalue weighted by atomic mass is 16.7. The van der Waals surface area contributed by atoms with Crippen molar-refractivity contribution in [3.05, 3.63) is 78.9 Å². The molecule has 182 valence electrons. The molecule has 5 atom stereocenters. The van der Waals surface area contributed by atoms with Crippen molar-refractivity contribution in [2.45, 2.75) is 30.7 Å². The second kappa shape index (κ2) is 9.04. The van der Waals surface area contributed by atoms with Gasteiger partial charge in [0.05, 0.1) is 0 Å². The van der Waals surface area contributed by atoms with Gasteiger partial charge in [0.2, 0.25) is 6.29 Å². The van der Waals surface area contributed by atoms with Crippen LogP contribution in [0.4, 0.5) is 0 Å². The summed E-state index contributed by atoms with van der Waals surface area (Å²) in [6.45, 7) is -0.0544. The molecule has 5 aromatic rings. The Bertz CT molecular complexity index is 1600. The summed E-state index contributed by atoms with van der Waals surface area (Å²) in [6.07, 6.45) is -6.79. The predicted octanol–water partition coefficient (Wildman–Crippen LogP) is 3.66. The lowest BCUT2D eigenvalue weighted by atomic mass is 9.95. The summed E-state index contributed by atoms with van der Waals surface area (Å²) in [5.74, 6) is 0.454. The van der Waals surface area contributed by atoms with Crippen LogP contribution in [0.1, 0.15) is 0 Å². The number of fused-ring (bicyclic) bond motifs is 5. The van der Waals surface area contributed by atoms with E-state index in [0.29, 0.717) is 5.75 Å². The zero-order valence-corrected chi connectivity index (χ0v) is 19.2. The molecule has 1 unspecified atom stereocenters. The number of hydrogen-bond donors (Lipinski definition) is 3. The molecule has 0 radical (unpaired) electrons. The first-order valence-electron chi connectivity index (χ1n) is 11.7. The number of rotatable bonds is 5. The van der Waals surface area contributed by atoms with Crippen molar-refractivity contribution in [3.63, 3.8) is 0 Å². The van der Waals surface area contributed by atoms with E-state index in [2.05, 4.69) is 48.5 Å². The lowest BCUT2D eigenvalue weighted by Crippen LogP contribution is -2.60.